The Hall–Kier alpha value is -0.870. The van der Waals surface area contributed by atoms with E-state index in [1.54, 1.807) is 0 Å². The summed E-state index contributed by atoms with van der Waals surface area (Å²) in [5.41, 5.74) is 1.35. The van der Waals surface area contributed by atoms with Crippen molar-refractivity contribution in [2.24, 2.45) is 5.92 Å². The second-order valence-electron chi connectivity index (χ2n) is 8.40. The topological polar surface area (TPSA) is 66.8 Å². The van der Waals surface area contributed by atoms with Crippen LogP contribution in [-0.2, 0) is 9.53 Å². The van der Waals surface area contributed by atoms with Crippen LogP contribution in [0.15, 0.2) is 11.6 Å². The highest BCUT2D eigenvalue weighted by atomic mass is 16.5. The molecule has 0 heterocycles. The number of esters is 1. The molecule has 0 aromatic carbocycles. The molecule has 1 saturated carbocycles. The van der Waals surface area contributed by atoms with E-state index in [9.17, 15) is 15.0 Å². The maximum Gasteiger partial charge on any atom is 0.305 e. The summed E-state index contributed by atoms with van der Waals surface area (Å²) in [6.45, 7) is 4.82. The molecule has 0 bridgehead atoms. The summed E-state index contributed by atoms with van der Waals surface area (Å²) in [6.07, 6.45) is 16.3. The number of rotatable bonds is 16. The number of carbonyl (C=O) groups excluding carboxylic acids is 1. The van der Waals surface area contributed by atoms with Crippen molar-refractivity contribution in [2.75, 3.05) is 6.61 Å². The average molecular weight is 397 g/mol. The summed E-state index contributed by atoms with van der Waals surface area (Å²) < 4.78 is 5.18. The van der Waals surface area contributed by atoms with E-state index in [4.69, 9.17) is 4.74 Å². The third-order valence-electron chi connectivity index (χ3n) is 5.87. The van der Waals surface area contributed by atoms with Crippen LogP contribution in [0.1, 0.15) is 110 Å². The first kappa shape index (κ1) is 25.2. The van der Waals surface area contributed by atoms with Crippen LogP contribution in [0, 0.1) is 5.92 Å². The molecule has 1 unspecified atom stereocenters. The van der Waals surface area contributed by atoms with Crippen molar-refractivity contribution >= 4 is 5.97 Å². The number of aliphatic hydroxyl groups is 2. The lowest BCUT2D eigenvalue weighted by Gasteiger charge is -2.17. The molecule has 164 valence electrons. The summed E-state index contributed by atoms with van der Waals surface area (Å²) in [6, 6.07) is 0. The molecule has 4 nitrogen and oxygen atoms in total. The van der Waals surface area contributed by atoms with Gasteiger partial charge in [0.1, 0.15) is 0 Å². The standard InChI is InChI=1S/C24H44O4/c1-3-5-9-12-21(25)17-15-20-16-18-23(26)22(20)13-10-7-8-11-14-24(27)28-19-6-4-2/h15,21-23,25-26H,3-14,16-19H2,1-2H3/t21?,22-,23+/m1/s1. The third kappa shape index (κ3) is 11.2. The molecule has 28 heavy (non-hydrogen) atoms. The Kier molecular flexibility index (Phi) is 14.4. The Balaban J connectivity index is 2.19. The van der Waals surface area contributed by atoms with Gasteiger partial charge in [-0.15, -0.1) is 0 Å². The number of carbonyl (C=O) groups is 1. The molecule has 0 aliphatic heterocycles. The highest BCUT2D eigenvalue weighted by Crippen LogP contribution is 2.35. The van der Waals surface area contributed by atoms with E-state index in [0.29, 0.717) is 13.0 Å². The molecule has 0 spiro atoms. The van der Waals surface area contributed by atoms with Gasteiger partial charge in [0, 0.05) is 12.3 Å². The van der Waals surface area contributed by atoms with E-state index in [1.165, 1.54) is 18.4 Å². The number of hydrogen-bond acceptors (Lipinski definition) is 4. The second kappa shape index (κ2) is 16.0. The summed E-state index contributed by atoms with van der Waals surface area (Å²) in [5, 5.41) is 20.4. The fourth-order valence-electron chi connectivity index (χ4n) is 4.00. The first-order valence-corrected chi connectivity index (χ1v) is 11.8. The van der Waals surface area contributed by atoms with E-state index in [2.05, 4.69) is 19.9 Å². The van der Waals surface area contributed by atoms with Gasteiger partial charge in [0.15, 0.2) is 0 Å². The molecule has 0 saturated heterocycles. The lowest BCUT2D eigenvalue weighted by molar-refractivity contribution is -0.143. The fourth-order valence-corrected chi connectivity index (χ4v) is 4.00. The van der Waals surface area contributed by atoms with Crippen LogP contribution < -0.4 is 0 Å². The van der Waals surface area contributed by atoms with Gasteiger partial charge in [0.05, 0.1) is 18.8 Å². The quantitative estimate of drug-likeness (QED) is 0.199. The molecule has 1 rings (SSSR count). The van der Waals surface area contributed by atoms with E-state index in [-0.39, 0.29) is 24.1 Å². The normalized spacial score (nSPS) is 21.9. The molecule has 2 N–H and O–H groups in total. The lowest BCUT2D eigenvalue weighted by atomic mass is 9.92. The summed E-state index contributed by atoms with van der Waals surface area (Å²) in [5.74, 6) is 0.198. The van der Waals surface area contributed by atoms with Crippen molar-refractivity contribution in [1.82, 2.24) is 0 Å². The largest absolute Gasteiger partial charge is 0.466 e. The van der Waals surface area contributed by atoms with Crippen molar-refractivity contribution in [3.8, 4) is 0 Å². The Labute approximate surface area is 172 Å². The lowest BCUT2D eigenvalue weighted by Crippen LogP contribution is -2.14. The van der Waals surface area contributed by atoms with Gasteiger partial charge in [-0.25, -0.2) is 0 Å². The first-order chi connectivity index (χ1) is 13.6. The van der Waals surface area contributed by atoms with Crippen LogP contribution >= 0.6 is 0 Å². The molecular weight excluding hydrogens is 352 g/mol. The summed E-state index contributed by atoms with van der Waals surface area (Å²) in [4.78, 5) is 11.6. The Morgan fingerprint density at radius 2 is 1.86 bits per heavy atom. The van der Waals surface area contributed by atoms with Crippen molar-refractivity contribution in [3.63, 3.8) is 0 Å². The molecule has 0 aromatic heterocycles. The van der Waals surface area contributed by atoms with Gasteiger partial charge in [-0.05, 0) is 44.9 Å². The Morgan fingerprint density at radius 1 is 1.11 bits per heavy atom. The van der Waals surface area contributed by atoms with Gasteiger partial charge in [0.25, 0.3) is 0 Å². The number of unbranched alkanes of at least 4 members (excludes halogenated alkanes) is 6. The number of hydrogen-bond donors (Lipinski definition) is 2. The predicted octanol–water partition coefficient (Wildman–Crippen LogP) is 5.70. The van der Waals surface area contributed by atoms with Gasteiger partial charge in [-0.3, -0.25) is 4.79 Å². The monoisotopic (exact) mass is 396 g/mol. The minimum atomic E-state index is -0.241. The van der Waals surface area contributed by atoms with Crippen molar-refractivity contribution < 1.29 is 19.7 Å². The SMILES string of the molecule is CCCCCC(O)CC=C1CC[C@H](O)[C@@H]1CCCCCCC(=O)OCCCC. The van der Waals surface area contributed by atoms with Gasteiger partial charge in [-0.2, -0.15) is 0 Å². The van der Waals surface area contributed by atoms with Crippen LogP contribution in [0.5, 0.6) is 0 Å². The van der Waals surface area contributed by atoms with Gasteiger partial charge in [0.2, 0.25) is 0 Å². The minimum absolute atomic E-state index is 0.0672. The second-order valence-corrected chi connectivity index (χ2v) is 8.40. The smallest absolute Gasteiger partial charge is 0.305 e. The Bertz CT molecular complexity index is 432. The molecule has 0 aromatic rings. The third-order valence-corrected chi connectivity index (χ3v) is 5.87. The maximum atomic E-state index is 11.6. The van der Waals surface area contributed by atoms with Crippen molar-refractivity contribution in [2.45, 2.75) is 122 Å². The van der Waals surface area contributed by atoms with Crippen LogP contribution in [0.4, 0.5) is 0 Å². The van der Waals surface area contributed by atoms with Crippen molar-refractivity contribution in [3.05, 3.63) is 11.6 Å². The van der Waals surface area contributed by atoms with Gasteiger partial charge >= 0.3 is 5.97 Å². The minimum Gasteiger partial charge on any atom is -0.466 e. The van der Waals surface area contributed by atoms with Gasteiger partial charge in [-0.1, -0.05) is 70.4 Å². The first-order valence-electron chi connectivity index (χ1n) is 11.8. The van der Waals surface area contributed by atoms with Crippen LogP contribution in [0.2, 0.25) is 0 Å². The van der Waals surface area contributed by atoms with Crippen molar-refractivity contribution in [1.29, 1.82) is 0 Å². The van der Waals surface area contributed by atoms with Crippen LogP contribution in [-0.4, -0.2) is 35.0 Å². The molecule has 3 atom stereocenters. The van der Waals surface area contributed by atoms with E-state index >= 15 is 0 Å². The Morgan fingerprint density at radius 3 is 2.61 bits per heavy atom. The average Bonchev–Trinajstić information content (AvgIpc) is 3.03. The molecule has 1 aliphatic rings. The van der Waals surface area contributed by atoms with E-state index in [1.807, 2.05) is 0 Å². The maximum absolute atomic E-state index is 11.6. The zero-order chi connectivity index (χ0) is 20.6. The molecule has 0 amide bonds. The van der Waals surface area contributed by atoms with E-state index < -0.39 is 0 Å². The summed E-state index contributed by atoms with van der Waals surface area (Å²) in [7, 11) is 0. The van der Waals surface area contributed by atoms with Crippen LogP contribution in [0.25, 0.3) is 0 Å². The zero-order valence-corrected chi connectivity index (χ0v) is 18.3. The number of ether oxygens (including phenoxy) is 1. The zero-order valence-electron chi connectivity index (χ0n) is 18.3. The molecular formula is C24H44O4. The highest BCUT2D eigenvalue weighted by Gasteiger charge is 2.29. The molecule has 1 fully saturated rings. The highest BCUT2D eigenvalue weighted by molar-refractivity contribution is 5.69. The summed E-state index contributed by atoms with van der Waals surface area (Å²) >= 11 is 0. The number of aliphatic hydroxyl groups excluding tert-OH is 2. The molecule has 1 aliphatic carbocycles. The molecule has 4 heteroatoms. The van der Waals surface area contributed by atoms with Crippen LogP contribution in [0.3, 0.4) is 0 Å². The predicted molar refractivity (Wildman–Crippen MR) is 115 cm³/mol. The van der Waals surface area contributed by atoms with E-state index in [0.717, 1.165) is 77.0 Å². The molecule has 0 radical (unpaired) electrons. The van der Waals surface area contributed by atoms with Gasteiger partial charge < -0.3 is 14.9 Å². The fraction of sp³-hybridized carbons (Fsp3) is 0.875.